The van der Waals surface area contributed by atoms with Gasteiger partial charge in [0, 0.05) is 17.7 Å². The summed E-state index contributed by atoms with van der Waals surface area (Å²) in [4.78, 5) is 44.6. The van der Waals surface area contributed by atoms with E-state index in [1.54, 1.807) is 12.1 Å². The Balaban J connectivity index is 1.59. The van der Waals surface area contributed by atoms with Crippen LogP contribution in [0.25, 0.3) is 16.5 Å². The molecule has 3 heterocycles. The number of anilines is 1. The van der Waals surface area contributed by atoms with Crippen LogP contribution in [0.3, 0.4) is 0 Å². The van der Waals surface area contributed by atoms with Crippen molar-refractivity contribution in [1.29, 1.82) is 0 Å². The second-order valence-electron chi connectivity index (χ2n) is 7.55. The SMILES string of the molecule is O=C(Nc1cc(-c2cccs2)nn1-c1nc2c(c(=O)[nH]1)CCCC2)c1ccccc1[N+](=O)[O-]. The summed E-state index contributed by atoms with van der Waals surface area (Å²) in [7, 11) is 0. The number of nitrogens with zero attached hydrogens (tertiary/aromatic N) is 4. The topological polar surface area (TPSA) is 136 Å². The number of benzene rings is 1. The van der Waals surface area contributed by atoms with E-state index in [9.17, 15) is 19.7 Å². The minimum absolute atomic E-state index is 0.0835. The molecule has 0 unspecified atom stereocenters. The highest BCUT2D eigenvalue weighted by Gasteiger charge is 2.23. The second kappa shape index (κ2) is 8.43. The third-order valence-electron chi connectivity index (χ3n) is 5.45. The van der Waals surface area contributed by atoms with Crippen LogP contribution in [0.2, 0.25) is 0 Å². The van der Waals surface area contributed by atoms with Crippen molar-refractivity contribution in [1.82, 2.24) is 19.7 Å². The Morgan fingerprint density at radius 3 is 2.79 bits per heavy atom. The van der Waals surface area contributed by atoms with Gasteiger partial charge in [-0.2, -0.15) is 9.78 Å². The highest BCUT2D eigenvalue weighted by atomic mass is 32.1. The van der Waals surface area contributed by atoms with Crippen molar-refractivity contribution in [2.24, 2.45) is 0 Å². The smallest absolute Gasteiger partial charge is 0.282 e. The number of hydrogen-bond acceptors (Lipinski definition) is 7. The molecule has 11 heteroatoms. The fourth-order valence-corrected chi connectivity index (χ4v) is 4.56. The molecule has 4 aromatic rings. The summed E-state index contributed by atoms with van der Waals surface area (Å²) in [5.74, 6) is -0.247. The number of fused-ring (bicyclic) bond motifs is 1. The molecule has 0 atom stereocenters. The molecule has 0 spiro atoms. The van der Waals surface area contributed by atoms with E-state index in [2.05, 4.69) is 20.4 Å². The fourth-order valence-electron chi connectivity index (χ4n) is 3.88. The molecular formula is C22H18N6O4S. The predicted molar refractivity (Wildman–Crippen MR) is 123 cm³/mol. The van der Waals surface area contributed by atoms with Gasteiger partial charge in [-0.15, -0.1) is 11.3 Å². The van der Waals surface area contributed by atoms with E-state index in [1.165, 1.54) is 34.2 Å². The van der Waals surface area contributed by atoms with Crippen LogP contribution in [0, 0.1) is 10.1 Å². The Morgan fingerprint density at radius 1 is 1.18 bits per heavy atom. The largest absolute Gasteiger partial charge is 0.306 e. The highest BCUT2D eigenvalue weighted by Crippen LogP contribution is 2.28. The van der Waals surface area contributed by atoms with Gasteiger partial charge in [0.25, 0.3) is 17.2 Å². The number of thiophene rings is 1. The lowest BCUT2D eigenvalue weighted by molar-refractivity contribution is -0.385. The Morgan fingerprint density at radius 2 is 2.00 bits per heavy atom. The van der Waals surface area contributed by atoms with Gasteiger partial charge in [-0.3, -0.25) is 24.7 Å². The number of nitro benzene ring substituents is 1. The van der Waals surface area contributed by atoms with Crippen LogP contribution in [0.4, 0.5) is 11.5 Å². The van der Waals surface area contributed by atoms with Crippen LogP contribution in [-0.2, 0) is 12.8 Å². The lowest BCUT2D eigenvalue weighted by Gasteiger charge is -2.15. The van der Waals surface area contributed by atoms with Gasteiger partial charge in [-0.1, -0.05) is 18.2 Å². The third kappa shape index (κ3) is 3.94. The van der Waals surface area contributed by atoms with Gasteiger partial charge in [0.2, 0.25) is 5.95 Å². The molecule has 3 aromatic heterocycles. The summed E-state index contributed by atoms with van der Waals surface area (Å²) >= 11 is 1.47. The standard InChI is InChI=1S/C22H18N6O4S/c29-20-13-6-1-3-8-15(13)23-22(25-20)27-19(12-16(26-27)18-10-5-11-33-18)24-21(30)14-7-2-4-9-17(14)28(31)32/h2,4-5,7,9-12H,1,3,6,8H2,(H,24,30)(H,23,25,29). The van der Waals surface area contributed by atoms with Crippen molar-refractivity contribution in [3.8, 4) is 16.5 Å². The number of aromatic amines is 1. The lowest BCUT2D eigenvalue weighted by Crippen LogP contribution is -2.25. The minimum Gasteiger partial charge on any atom is -0.306 e. The van der Waals surface area contributed by atoms with Gasteiger partial charge in [-0.25, -0.2) is 4.98 Å². The van der Waals surface area contributed by atoms with Crippen LogP contribution in [0.15, 0.2) is 52.6 Å². The monoisotopic (exact) mass is 462 g/mol. The van der Waals surface area contributed by atoms with Crippen molar-refractivity contribution >= 4 is 28.7 Å². The molecule has 1 aliphatic rings. The fraction of sp³-hybridized carbons (Fsp3) is 0.182. The number of aromatic nitrogens is 4. The molecule has 5 rings (SSSR count). The molecular weight excluding hydrogens is 444 g/mol. The molecule has 1 aromatic carbocycles. The maximum atomic E-state index is 13.0. The minimum atomic E-state index is -0.665. The van der Waals surface area contributed by atoms with Crippen molar-refractivity contribution in [3.05, 3.63) is 85.1 Å². The number of para-hydroxylation sites is 1. The number of amides is 1. The van der Waals surface area contributed by atoms with Crippen LogP contribution in [0.5, 0.6) is 0 Å². The van der Waals surface area contributed by atoms with Gasteiger partial charge in [-0.05, 0) is 43.2 Å². The van der Waals surface area contributed by atoms with E-state index in [4.69, 9.17) is 0 Å². The average molecular weight is 462 g/mol. The first-order valence-electron chi connectivity index (χ1n) is 10.3. The molecule has 0 aliphatic heterocycles. The van der Waals surface area contributed by atoms with Crippen LogP contribution in [-0.4, -0.2) is 30.6 Å². The van der Waals surface area contributed by atoms with E-state index in [-0.39, 0.29) is 28.6 Å². The Kier molecular flexibility index (Phi) is 5.31. The number of carbonyl (C=O) groups is 1. The van der Waals surface area contributed by atoms with E-state index in [0.29, 0.717) is 24.1 Å². The van der Waals surface area contributed by atoms with Gasteiger partial charge in [0.1, 0.15) is 17.1 Å². The number of hydrogen-bond donors (Lipinski definition) is 2. The van der Waals surface area contributed by atoms with Crippen LogP contribution >= 0.6 is 11.3 Å². The summed E-state index contributed by atoms with van der Waals surface area (Å²) in [5.41, 5.74) is 1.37. The second-order valence-corrected chi connectivity index (χ2v) is 8.50. The first-order valence-corrected chi connectivity index (χ1v) is 11.2. The highest BCUT2D eigenvalue weighted by molar-refractivity contribution is 7.13. The molecule has 1 aliphatic carbocycles. The van der Waals surface area contributed by atoms with Crippen molar-refractivity contribution in [2.45, 2.75) is 25.7 Å². The maximum absolute atomic E-state index is 13.0. The first kappa shape index (κ1) is 20.8. The van der Waals surface area contributed by atoms with Crippen LogP contribution in [0.1, 0.15) is 34.5 Å². The number of nitro groups is 1. The quantitative estimate of drug-likeness (QED) is 0.343. The Labute approximate surface area is 191 Å². The zero-order valence-corrected chi connectivity index (χ0v) is 18.1. The number of rotatable bonds is 5. The van der Waals surface area contributed by atoms with Gasteiger partial charge in [0.15, 0.2) is 0 Å². The summed E-state index contributed by atoms with van der Waals surface area (Å²) in [5, 5.41) is 20.5. The third-order valence-corrected chi connectivity index (χ3v) is 6.34. The molecule has 0 radical (unpaired) electrons. The summed E-state index contributed by atoms with van der Waals surface area (Å²) in [6.07, 6.45) is 3.27. The number of carbonyl (C=O) groups excluding carboxylic acids is 1. The van der Waals surface area contributed by atoms with Crippen molar-refractivity contribution < 1.29 is 9.72 Å². The molecule has 1 amide bonds. The van der Waals surface area contributed by atoms with Crippen molar-refractivity contribution in [2.75, 3.05) is 5.32 Å². The predicted octanol–water partition coefficient (Wildman–Crippen LogP) is 3.72. The number of aryl methyl sites for hydroxylation is 1. The molecule has 166 valence electrons. The zero-order chi connectivity index (χ0) is 22.9. The molecule has 0 saturated carbocycles. The molecule has 0 saturated heterocycles. The average Bonchev–Trinajstić information content (AvgIpc) is 3.49. The Bertz CT molecular complexity index is 1420. The van der Waals surface area contributed by atoms with E-state index in [0.717, 1.165) is 23.4 Å². The maximum Gasteiger partial charge on any atom is 0.282 e. The summed E-state index contributed by atoms with van der Waals surface area (Å²) < 4.78 is 1.36. The Hall–Kier alpha value is -4.12. The number of H-pyrrole nitrogens is 1. The first-order chi connectivity index (χ1) is 16.0. The van der Waals surface area contributed by atoms with E-state index in [1.807, 2.05) is 17.5 Å². The van der Waals surface area contributed by atoms with Crippen molar-refractivity contribution in [3.63, 3.8) is 0 Å². The molecule has 33 heavy (non-hydrogen) atoms. The van der Waals surface area contributed by atoms with Gasteiger partial charge in [0.05, 0.1) is 15.5 Å². The van der Waals surface area contributed by atoms with Crippen LogP contribution < -0.4 is 10.9 Å². The summed E-state index contributed by atoms with van der Waals surface area (Å²) in [6, 6.07) is 11.1. The molecule has 0 fully saturated rings. The van der Waals surface area contributed by atoms with Gasteiger partial charge < -0.3 is 5.32 Å². The normalized spacial score (nSPS) is 12.8. The van der Waals surface area contributed by atoms with Gasteiger partial charge >= 0.3 is 0 Å². The summed E-state index contributed by atoms with van der Waals surface area (Å²) in [6.45, 7) is 0. The lowest BCUT2D eigenvalue weighted by atomic mass is 9.97. The zero-order valence-electron chi connectivity index (χ0n) is 17.3. The van der Waals surface area contributed by atoms with E-state index < -0.39 is 10.8 Å². The number of nitrogens with one attached hydrogen (secondary N) is 2. The molecule has 2 N–H and O–H groups in total. The molecule has 0 bridgehead atoms. The van der Waals surface area contributed by atoms with E-state index >= 15 is 0 Å². The molecule has 10 nitrogen and oxygen atoms in total.